The van der Waals surface area contributed by atoms with Gasteiger partial charge in [-0.25, -0.2) is 8.78 Å². The van der Waals surface area contributed by atoms with Crippen LogP contribution in [0.3, 0.4) is 0 Å². The van der Waals surface area contributed by atoms with Crippen molar-refractivity contribution in [3.8, 4) is 0 Å². The molecule has 0 bridgehead atoms. The molecule has 4 nitrogen and oxygen atoms in total. The first-order valence-electron chi connectivity index (χ1n) is 10.4. The van der Waals surface area contributed by atoms with Crippen molar-refractivity contribution in [2.24, 2.45) is 0 Å². The van der Waals surface area contributed by atoms with Gasteiger partial charge in [0.2, 0.25) is 0 Å². The molecule has 1 aromatic heterocycles. The van der Waals surface area contributed by atoms with E-state index in [2.05, 4.69) is 23.5 Å². The molecule has 0 radical (unpaired) electrons. The number of nitrogens with one attached hydrogen (secondary N) is 1. The number of unbranched alkanes of at least 4 members (excludes halogenated alkanes) is 1. The first-order valence-corrected chi connectivity index (χ1v) is 10.4. The van der Waals surface area contributed by atoms with Gasteiger partial charge in [-0.15, -0.1) is 0 Å². The number of aromatic nitrogens is 1. The molecule has 1 amide bonds. The molecule has 0 saturated carbocycles. The van der Waals surface area contributed by atoms with Crippen molar-refractivity contribution in [3.05, 3.63) is 94.4 Å². The molecule has 162 valence electrons. The van der Waals surface area contributed by atoms with E-state index in [0.29, 0.717) is 25.1 Å². The number of nitrogens with zero attached hydrogens (tertiary/aromatic N) is 1. The van der Waals surface area contributed by atoms with E-state index >= 15 is 0 Å². The Morgan fingerprint density at radius 2 is 1.94 bits per heavy atom. The quantitative estimate of drug-likeness (QED) is 0.468. The van der Waals surface area contributed by atoms with Crippen LogP contribution in [0, 0.1) is 18.6 Å². The fourth-order valence-corrected chi connectivity index (χ4v) is 3.41. The van der Waals surface area contributed by atoms with Gasteiger partial charge in [-0.3, -0.25) is 4.79 Å². The van der Waals surface area contributed by atoms with Crippen LogP contribution < -0.4 is 5.32 Å². The van der Waals surface area contributed by atoms with Gasteiger partial charge < -0.3 is 9.84 Å². The van der Waals surface area contributed by atoms with Crippen LogP contribution in [-0.2, 0) is 6.42 Å². The SMILES string of the molecule is CCCC=C(CCNC(=O)c1cc(Cc2cccc(F)c2)on1)c1ccc(F)cc1C. The third-order valence-electron chi connectivity index (χ3n) is 4.95. The predicted molar refractivity (Wildman–Crippen MR) is 117 cm³/mol. The van der Waals surface area contributed by atoms with E-state index in [4.69, 9.17) is 4.52 Å². The number of aryl methyl sites for hydroxylation is 1. The van der Waals surface area contributed by atoms with E-state index < -0.39 is 0 Å². The summed E-state index contributed by atoms with van der Waals surface area (Å²) in [5.74, 6) is -0.427. The molecule has 0 saturated heterocycles. The molecule has 0 atom stereocenters. The lowest BCUT2D eigenvalue weighted by Gasteiger charge is -2.12. The number of rotatable bonds is 9. The molecule has 0 aliphatic rings. The molecule has 2 aromatic carbocycles. The molecule has 0 spiro atoms. The van der Waals surface area contributed by atoms with Crippen LogP contribution in [0.5, 0.6) is 0 Å². The van der Waals surface area contributed by atoms with Gasteiger partial charge in [-0.05, 0) is 66.3 Å². The van der Waals surface area contributed by atoms with Crippen molar-refractivity contribution in [2.75, 3.05) is 6.54 Å². The van der Waals surface area contributed by atoms with Crippen LogP contribution >= 0.6 is 0 Å². The highest BCUT2D eigenvalue weighted by molar-refractivity contribution is 5.92. The number of carbonyl (C=O) groups is 1. The molecule has 1 heterocycles. The van der Waals surface area contributed by atoms with Crippen molar-refractivity contribution in [2.45, 2.75) is 39.5 Å². The summed E-state index contributed by atoms with van der Waals surface area (Å²) in [6.45, 7) is 4.39. The summed E-state index contributed by atoms with van der Waals surface area (Å²) < 4.78 is 32.0. The molecule has 1 N–H and O–H groups in total. The van der Waals surface area contributed by atoms with Crippen LogP contribution in [-0.4, -0.2) is 17.6 Å². The molecule has 6 heteroatoms. The van der Waals surface area contributed by atoms with E-state index in [-0.39, 0.29) is 23.2 Å². The van der Waals surface area contributed by atoms with E-state index in [1.54, 1.807) is 24.3 Å². The largest absolute Gasteiger partial charge is 0.360 e. The summed E-state index contributed by atoms with van der Waals surface area (Å²) in [6.07, 6.45) is 5.02. The maximum Gasteiger partial charge on any atom is 0.273 e. The molecule has 0 aliphatic heterocycles. The zero-order valence-electron chi connectivity index (χ0n) is 17.8. The Morgan fingerprint density at radius 1 is 1.13 bits per heavy atom. The highest BCUT2D eigenvalue weighted by atomic mass is 19.1. The summed E-state index contributed by atoms with van der Waals surface area (Å²) in [7, 11) is 0. The number of benzene rings is 2. The Kier molecular flexibility index (Phi) is 7.70. The van der Waals surface area contributed by atoms with E-state index in [0.717, 1.165) is 35.1 Å². The first kappa shape index (κ1) is 22.4. The predicted octanol–water partition coefficient (Wildman–Crippen LogP) is 5.86. The van der Waals surface area contributed by atoms with Gasteiger partial charge in [0.05, 0.1) is 0 Å². The second-order valence-electron chi connectivity index (χ2n) is 7.47. The minimum atomic E-state index is -0.333. The van der Waals surface area contributed by atoms with Crippen molar-refractivity contribution in [1.82, 2.24) is 10.5 Å². The van der Waals surface area contributed by atoms with Gasteiger partial charge in [0.15, 0.2) is 5.69 Å². The summed E-state index contributed by atoms with van der Waals surface area (Å²) >= 11 is 0. The van der Waals surface area contributed by atoms with E-state index in [1.807, 2.05) is 6.92 Å². The van der Waals surface area contributed by atoms with E-state index in [9.17, 15) is 13.6 Å². The molecule has 0 aliphatic carbocycles. The zero-order chi connectivity index (χ0) is 22.2. The normalized spacial score (nSPS) is 11.5. The number of carbonyl (C=O) groups excluding carboxylic acids is 1. The second kappa shape index (κ2) is 10.7. The van der Waals surface area contributed by atoms with Gasteiger partial charge in [-0.2, -0.15) is 0 Å². The zero-order valence-corrected chi connectivity index (χ0v) is 17.8. The Hall–Kier alpha value is -3.28. The fourth-order valence-electron chi connectivity index (χ4n) is 3.41. The van der Waals surface area contributed by atoms with Crippen LogP contribution in [0.1, 0.15) is 59.1 Å². The minimum Gasteiger partial charge on any atom is -0.360 e. The second-order valence-corrected chi connectivity index (χ2v) is 7.47. The van der Waals surface area contributed by atoms with Crippen molar-refractivity contribution in [3.63, 3.8) is 0 Å². The van der Waals surface area contributed by atoms with Crippen LogP contribution in [0.15, 0.2) is 59.1 Å². The third-order valence-corrected chi connectivity index (χ3v) is 4.95. The first-order chi connectivity index (χ1) is 15.0. The number of amides is 1. The van der Waals surface area contributed by atoms with Crippen LogP contribution in [0.25, 0.3) is 5.57 Å². The highest BCUT2D eigenvalue weighted by Crippen LogP contribution is 2.23. The molecule has 3 aromatic rings. The van der Waals surface area contributed by atoms with Crippen LogP contribution in [0.2, 0.25) is 0 Å². The van der Waals surface area contributed by atoms with Crippen LogP contribution in [0.4, 0.5) is 8.78 Å². The number of halogens is 2. The topological polar surface area (TPSA) is 55.1 Å². The summed E-state index contributed by atoms with van der Waals surface area (Å²) in [4.78, 5) is 12.4. The lowest BCUT2D eigenvalue weighted by molar-refractivity contribution is 0.0945. The van der Waals surface area contributed by atoms with Crippen molar-refractivity contribution in [1.29, 1.82) is 0 Å². The Labute approximate surface area is 181 Å². The van der Waals surface area contributed by atoms with Gasteiger partial charge >= 0.3 is 0 Å². The summed E-state index contributed by atoms with van der Waals surface area (Å²) in [6, 6.07) is 12.5. The van der Waals surface area contributed by atoms with Gasteiger partial charge in [0, 0.05) is 19.0 Å². The molecule has 31 heavy (non-hydrogen) atoms. The van der Waals surface area contributed by atoms with Crippen molar-refractivity contribution < 1.29 is 18.1 Å². The fraction of sp³-hybridized carbons (Fsp3) is 0.280. The van der Waals surface area contributed by atoms with Crippen molar-refractivity contribution >= 4 is 11.5 Å². The lowest BCUT2D eigenvalue weighted by atomic mass is 9.96. The molecule has 3 rings (SSSR count). The highest BCUT2D eigenvalue weighted by Gasteiger charge is 2.14. The smallest absolute Gasteiger partial charge is 0.273 e. The van der Waals surface area contributed by atoms with E-state index in [1.165, 1.54) is 24.3 Å². The minimum absolute atomic E-state index is 0.184. The number of hydrogen-bond donors (Lipinski definition) is 1. The van der Waals surface area contributed by atoms with Gasteiger partial charge in [0.25, 0.3) is 5.91 Å². The molecular weight excluding hydrogens is 398 g/mol. The average molecular weight is 424 g/mol. The Balaban J connectivity index is 1.59. The maximum atomic E-state index is 13.5. The van der Waals surface area contributed by atoms with Gasteiger partial charge in [-0.1, -0.05) is 42.8 Å². The Morgan fingerprint density at radius 3 is 2.68 bits per heavy atom. The number of hydrogen-bond acceptors (Lipinski definition) is 3. The maximum absolute atomic E-state index is 13.5. The standard InChI is InChI=1S/C25H26F2N2O2/c1-3-4-7-19(23-10-9-21(27)13-17(23)2)11-12-28-25(30)24-16-22(31-29-24)15-18-6-5-8-20(26)14-18/h5-10,13-14,16H,3-4,11-12,15H2,1-2H3,(H,28,30). The molecule has 0 unspecified atom stereocenters. The van der Waals surface area contributed by atoms with Gasteiger partial charge in [0.1, 0.15) is 17.4 Å². The third kappa shape index (κ3) is 6.35. The number of allylic oxidation sites excluding steroid dienone is 1. The lowest BCUT2D eigenvalue weighted by Crippen LogP contribution is -2.25. The molecular formula is C25H26F2N2O2. The average Bonchev–Trinajstić information content (AvgIpc) is 3.19. The summed E-state index contributed by atoms with van der Waals surface area (Å²) in [5.41, 5.74) is 3.86. The Bertz CT molecular complexity index is 1070. The monoisotopic (exact) mass is 424 g/mol. The molecule has 0 fully saturated rings. The summed E-state index contributed by atoms with van der Waals surface area (Å²) in [5, 5.41) is 6.68.